The number of methoxy groups -OCH3 is 1. The lowest BCUT2D eigenvalue weighted by atomic mass is 10.1. The molecule has 0 aliphatic heterocycles. The first-order valence-corrected chi connectivity index (χ1v) is 14.2. The van der Waals surface area contributed by atoms with Gasteiger partial charge in [-0.2, -0.15) is 0 Å². The van der Waals surface area contributed by atoms with E-state index in [0.29, 0.717) is 60.1 Å². The van der Waals surface area contributed by atoms with Gasteiger partial charge < -0.3 is 33.7 Å². The summed E-state index contributed by atoms with van der Waals surface area (Å²) in [5.41, 5.74) is 1.67. The Morgan fingerprint density at radius 2 is 1.60 bits per heavy atom. The predicted octanol–water partition coefficient (Wildman–Crippen LogP) is 6.52. The SMILES string of the molecule is CCOC(Cc1ccc(OCCN(CCCOCc2cc(Cl)cc(Cl)c2)C(=O)Oc2ccccc2OC)cc1)C(=O)O. The Hall–Kier alpha value is -3.50. The molecule has 3 aromatic rings. The van der Waals surface area contributed by atoms with Crippen LogP contribution in [0.15, 0.2) is 66.7 Å². The number of hydrogen-bond acceptors (Lipinski definition) is 7. The lowest BCUT2D eigenvalue weighted by Crippen LogP contribution is -2.38. The monoisotopic (exact) mass is 619 g/mol. The van der Waals surface area contributed by atoms with Gasteiger partial charge in [-0.1, -0.05) is 47.5 Å². The summed E-state index contributed by atoms with van der Waals surface area (Å²) in [4.78, 5) is 26.0. The van der Waals surface area contributed by atoms with Crippen molar-refractivity contribution in [3.8, 4) is 17.2 Å². The predicted molar refractivity (Wildman–Crippen MR) is 160 cm³/mol. The molecular weight excluding hydrogens is 585 g/mol. The standard InChI is InChI=1S/C31H35Cl2NO8/c1-3-40-29(30(35)36)19-22-9-11-26(12-10-22)41-16-14-34(31(37)42-28-8-5-4-7-27(28)38-2)13-6-15-39-21-23-17-24(32)20-25(33)18-23/h4-5,7-12,17-18,20,29H,3,6,13-16,19,21H2,1-2H3,(H,35,36). The molecule has 1 unspecified atom stereocenters. The van der Waals surface area contributed by atoms with Crippen LogP contribution >= 0.6 is 23.2 Å². The van der Waals surface area contributed by atoms with Gasteiger partial charge in [-0.05, 0) is 66.9 Å². The minimum atomic E-state index is -1.00. The van der Waals surface area contributed by atoms with Crippen LogP contribution < -0.4 is 14.2 Å². The highest BCUT2D eigenvalue weighted by atomic mass is 35.5. The van der Waals surface area contributed by atoms with Crippen LogP contribution in [0.25, 0.3) is 0 Å². The Labute approximate surface area is 255 Å². The number of carbonyl (C=O) groups is 2. The number of ether oxygens (including phenoxy) is 5. The molecule has 0 fully saturated rings. The maximum atomic E-state index is 13.1. The zero-order chi connectivity index (χ0) is 30.3. The Kier molecular flexibility index (Phi) is 13.7. The normalized spacial score (nSPS) is 11.5. The Morgan fingerprint density at radius 3 is 2.24 bits per heavy atom. The van der Waals surface area contributed by atoms with Crippen LogP contribution in [0, 0.1) is 0 Å². The van der Waals surface area contributed by atoms with Crippen molar-refractivity contribution >= 4 is 35.3 Å². The quantitative estimate of drug-likeness (QED) is 0.170. The number of nitrogens with zero attached hydrogens (tertiary/aromatic N) is 1. The Bertz CT molecular complexity index is 1270. The van der Waals surface area contributed by atoms with Crippen LogP contribution in [0.4, 0.5) is 4.79 Å². The molecule has 0 aliphatic carbocycles. The molecule has 3 rings (SSSR count). The molecule has 226 valence electrons. The van der Waals surface area contributed by atoms with Crippen LogP contribution in [0.2, 0.25) is 10.0 Å². The average Bonchev–Trinajstić information content (AvgIpc) is 2.96. The molecule has 0 heterocycles. The van der Waals surface area contributed by atoms with E-state index in [4.69, 9.17) is 46.9 Å². The third kappa shape index (κ3) is 11.1. The molecule has 1 atom stereocenters. The van der Waals surface area contributed by atoms with E-state index in [1.807, 2.05) is 0 Å². The van der Waals surface area contributed by atoms with Crippen LogP contribution in [0.3, 0.4) is 0 Å². The molecule has 0 saturated carbocycles. The lowest BCUT2D eigenvalue weighted by Gasteiger charge is -2.22. The molecule has 9 nitrogen and oxygen atoms in total. The fourth-order valence-corrected chi connectivity index (χ4v) is 4.60. The zero-order valence-electron chi connectivity index (χ0n) is 23.6. The summed E-state index contributed by atoms with van der Waals surface area (Å²) in [7, 11) is 1.51. The summed E-state index contributed by atoms with van der Waals surface area (Å²) in [6.07, 6.45) is -0.653. The molecule has 0 spiro atoms. The first-order chi connectivity index (χ1) is 20.3. The number of carboxylic acids is 1. The first-order valence-electron chi connectivity index (χ1n) is 13.5. The van der Waals surface area contributed by atoms with Crippen molar-refractivity contribution < 1.29 is 38.4 Å². The zero-order valence-corrected chi connectivity index (χ0v) is 25.1. The highest BCUT2D eigenvalue weighted by molar-refractivity contribution is 6.34. The fourth-order valence-electron chi connectivity index (χ4n) is 4.03. The Balaban J connectivity index is 1.55. The van der Waals surface area contributed by atoms with Gasteiger partial charge in [-0.15, -0.1) is 0 Å². The van der Waals surface area contributed by atoms with E-state index in [9.17, 15) is 14.7 Å². The molecule has 0 bridgehead atoms. The van der Waals surface area contributed by atoms with Gasteiger partial charge in [0.25, 0.3) is 0 Å². The second-order valence-electron chi connectivity index (χ2n) is 9.17. The van der Waals surface area contributed by atoms with Gasteiger partial charge in [0.15, 0.2) is 17.6 Å². The lowest BCUT2D eigenvalue weighted by molar-refractivity contribution is -0.149. The second-order valence-corrected chi connectivity index (χ2v) is 10.0. The van der Waals surface area contributed by atoms with Crippen molar-refractivity contribution in [1.29, 1.82) is 0 Å². The number of benzene rings is 3. The number of aliphatic carboxylic acids is 1. The second kappa shape index (κ2) is 17.5. The molecule has 0 aromatic heterocycles. The van der Waals surface area contributed by atoms with Gasteiger partial charge in [0.1, 0.15) is 12.4 Å². The number of amides is 1. The average molecular weight is 621 g/mol. The molecule has 1 amide bonds. The van der Waals surface area contributed by atoms with E-state index in [0.717, 1.165) is 11.1 Å². The van der Waals surface area contributed by atoms with Crippen molar-refractivity contribution in [2.75, 3.05) is 40.0 Å². The van der Waals surface area contributed by atoms with Crippen LogP contribution in [0.1, 0.15) is 24.5 Å². The third-order valence-electron chi connectivity index (χ3n) is 6.05. The van der Waals surface area contributed by atoms with Crippen molar-refractivity contribution in [1.82, 2.24) is 4.90 Å². The minimum absolute atomic E-state index is 0.207. The number of hydrogen-bond donors (Lipinski definition) is 1. The third-order valence-corrected chi connectivity index (χ3v) is 6.49. The molecule has 11 heteroatoms. The van der Waals surface area contributed by atoms with Crippen molar-refractivity contribution in [2.45, 2.75) is 32.5 Å². The van der Waals surface area contributed by atoms with Crippen molar-refractivity contribution in [3.05, 3.63) is 87.9 Å². The van der Waals surface area contributed by atoms with E-state index >= 15 is 0 Å². The number of para-hydroxylation sites is 2. The molecule has 1 N–H and O–H groups in total. The van der Waals surface area contributed by atoms with Gasteiger partial charge >= 0.3 is 12.1 Å². The maximum absolute atomic E-state index is 13.1. The van der Waals surface area contributed by atoms with Gasteiger partial charge in [0, 0.05) is 36.2 Å². The summed E-state index contributed by atoms with van der Waals surface area (Å²) < 4.78 is 27.8. The molecular formula is C31H35Cl2NO8. The van der Waals surface area contributed by atoms with Gasteiger partial charge in [0.2, 0.25) is 0 Å². The summed E-state index contributed by atoms with van der Waals surface area (Å²) in [5, 5.41) is 10.4. The number of carboxylic acid groups (broad SMARTS) is 1. The van der Waals surface area contributed by atoms with Crippen LogP contribution in [0.5, 0.6) is 17.2 Å². The van der Waals surface area contributed by atoms with E-state index in [-0.39, 0.29) is 19.6 Å². The topological polar surface area (TPSA) is 104 Å². The van der Waals surface area contributed by atoms with Gasteiger partial charge in [-0.3, -0.25) is 0 Å². The van der Waals surface area contributed by atoms with E-state index in [2.05, 4.69) is 0 Å². The van der Waals surface area contributed by atoms with Crippen molar-refractivity contribution in [2.24, 2.45) is 0 Å². The van der Waals surface area contributed by atoms with Crippen molar-refractivity contribution in [3.63, 3.8) is 0 Å². The van der Waals surface area contributed by atoms with E-state index < -0.39 is 18.2 Å². The molecule has 42 heavy (non-hydrogen) atoms. The fraction of sp³-hybridized carbons (Fsp3) is 0.355. The highest BCUT2D eigenvalue weighted by Crippen LogP contribution is 2.26. The molecule has 0 saturated heterocycles. The largest absolute Gasteiger partial charge is 0.493 e. The summed E-state index contributed by atoms with van der Waals surface area (Å²) in [6, 6.07) is 19.3. The number of rotatable bonds is 17. The summed E-state index contributed by atoms with van der Waals surface area (Å²) in [5.74, 6) is 0.340. The van der Waals surface area contributed by atoms with Crippen LogP contribution in [-0.2, 0) is 27.3 Å². The number of halogens is 2. The number of carbonyl (C=O) groups excluding carboxylic acids is 1. The van der Waals surface area contributed by atoms with Gasteiger partial charge in [0.05, 0.1) is 20.3 Å². The maximum Gasteiger partial charge on any atom is 0.415 e. The molecule has 0 radical (unpaired) electrons. The smallest absolute Gasteiger partial charge is 0.415 e. The van der Waals surface area contributed by atoms with Crippen LogP contribution in [-0.4, -0.2) is 68.2 Å². The summed E-state index contributed by atoms with van der Waals surface area (Å²) in [6.45, 7) is 3.63. The highest BCUT2D eigenvalue weighted by Gasteiger charge is 2.19. The Morgan fingerprint density at radius 1 is 0.905 bits per heavy atom. The summed E-state index contributed by atoms with van der Waals surface area (Å²) >= 11 is 12.1. The van der Waals surface area contributed by atoms with Gasteiger partial charge in [-0.25, -0.2) is 9.59 Å². The molecule has 3 aromatic carbocycles. The van der Waals surface area contributed by atoms with E-state index in [1.54, 1.807) is 78.6 Å². The minimum Gasteiger partial charge on any atom is -0.493 e. The first kappa shape index (κ1) is 33.0. The van der Waals surface area contributed by atoms with E-state index in [1.165, 1.54) is 7.11 Å². The molecule has 0 aliphatic rings.